The zero-order valence-corrected chi connectivity index (χ0v) is 12.2. The molecule has 1 aliphatic carbocycles. The van der Waals surface area contributed by atoms with Gasteiger partial charge in [-0.3, -0.25) is 0 Å². The summed E-state index contributed by atoms with van der Waals surface area (Å²) >= 11 is 0. The topological polar surface area (TPSA) is 66.4 Å². The van der Waals surface area contributed by atoms with E-state index in [4.69, 9.17) is 5.11 Å². The summed E-state index contributed by atoms with van der Waals surface area (Å²) in [5, 5.41) is 9.15. The summed E-state index contributed by atoms with van der Waals surface area (Å²) < 4.78 is 27.6. The Morgan fingerprint density at radius 1 is 1.37 bits per heavy atom. The molecule has 0 amide bonds. The van der Waals surface area contributed by atoms with E-state index in [1.165, 1.54) is 0 Å². The second-order valence-corrected chi connectivity index (χ2v) is 7.03. The number of sulfonamides is 1. The molecule has 0 spiro atoms. The van der Waals surface area contributed by atoms with Gasteiger partial charge in [0, 0.05) is 6.04 Å². The summed E-state index contributed by atoms with van der Waals surface area (Å²) in [6, 6.07) is 5.18. The maximum Gasteiger partial charge on any atom is 0.241 e. The predicted octanol–water partition coefficient (Wildman–Crippen LogP) is 1.82. The van der Waals surface area contributed by atoms with Gasteiger partial charge in [-0.2, -0.15) is 0 Å². The lowest BCUT2D eigenvalue weighted by Crippen LogP contribution is -2.43. The summed E-state index contributed by atoms with van der Waals surface area (Å²) in [6.07, 6.45) is 2.46. The van der Waals surface area contributed by atoms with Gasteiger partial charge in [0.1, 0.15) is 0 Å². The Kier molecular flexibility index (Phi) is 4.28. The zero-order chi connectivity index (χ0) is 14.0. The number of aryl methyl sites for hydroxylation is 1. The van der Waals surface area contributed by atoms with Crippen LogP contribution in [0.15, 0.2) is 23.1 Å². The minimum absolute atomic E-state index is 0.0579. The number of aliphatic hydroxyl groups is 1. The third-order valence-corrected chi connectivity index (χ3v) is 5.28. The number of rotatable bonds is 5. The van der Waals surface area contributed by atoms with Gasteiger partial charge in [-0.1, -0.05) is 26.0 Å². The van der Waals surface area contributed by atoms with Gasteiger partial charge in [0.05, 0.1) is 11.5 Å². The van der Waals surface area contributed by atoms with Crippen molar-refractivity contribution < 1.29 is 13.5 Å². The van der Waals surface area contributed by atoms with Gasteiger partial charge >= 0.3 is 0 Å². The van der Waals surface area contributed by atoms with Crippen molar-refractivity contribution in [2.24, 2.45) is 5.92 Å². The number of aliphatic hydroxyl groups excluding tert-OH is 1. The minimum atomic E-state index is -3.48. The minimum Gasteiger partial charge on any atom is -0.392 e. The van der Waals surface area contributed by atoms with Crippen LogP contribution in [-0.4, -0.2) is 19.6 Å². The molecule has 2 N–H and O–H groups in total. The molecule has 2 rings (SSSR count). The molecule has 0 radical (unpaired) electrons. The maximum absolute atomic E-state index is 12.4. The molecule has 1 saturated carbocycles. The first-order chi connectivity index (χ1) is 8.96. The van der Waals surface area contributed by atoms with Crippen LogP contribution in [0.25, 0.3) is 0 Å². The number of nitrogens with one attached hydrogen (secondary N) is 1. The van der Waals surface area contributed by atoms with Gasteiger partial charge in [0.25, 0.3) is 0 Å². The van der Waals surface area contributed by atoms with Crippen LogP contribution in [0.5, 0.6) is 0 Å². The Hall–Kier alpha value is -0.910. The smallest absolute Gasteiger partial charge is 0.241 e. The summed E-state index contributed by atoms with van der Waals surface area (Å²) in [4.78, 5) is 0.307. The standard InChI is InChI=1S/C14H21NO3S/c1-3-12-5-4-11(9-16)8-14(12)19(17,18)15-13-6-10(2)7-13/h4-5,8,10,13,15-16H,3,6-7,9H2,1-2H3. The van der Waals surface area contributed by atoms with Gasteiger partial charge in [-0.05, 0) is 42.4 Å². The molecule has 0 aromatic heterocycles. The number of hydrogen-bond acceptors (Lipinski definition) is 3. The zero-order valence-electron chi connectivity index (χ0n) is 11.4. The Morgan fingerprint density at radius 2 is 2.05 bits per heavy atom. The van der Waals surface area contributed by atoms with E-state index >= 15 is 0 Å². The Balaban J connectivity index is 2.27. The molecule has 1 aromatic rings. The van der Waals surface area contributed by atoms with Crippen LogP contribution in [0, 0.1) is 5.92 Å². The van der Waals surface area contributed by atoms with Crippen LogP contribution < -0.4 is 4.72 Å². The molecule has 4 nitrogen and oxygen atoms in total. The molecule has 0 bridgehead atoms. The van der Waals surface area contributed by atoms with Crippen molar-refractivity contribution in [3.05, 3.63) is 29.3 Å². The predicted molar refractivity (Wildman–Crippen MR) is 74.3 cm³/mol. The molecule has 0 aliphatic heterocycles. The third-order valence-electron chi connectivity index (χ3n) is 3.68. The van der Waals surface area contributed by atoms with Crippen molar-refractivity contribution in [3.8, 4) is 0 Å². The van der Waals surface area contributed by atoms with E-state index < -0.39 is 10.0 Å². The van der Waals surface area contributed by atoms with Crippen LogP contribution >= 0.6 is 0 Å². The van der Waals surface area contributed by atoms with Crippen LogP contribution in [0.2, 0.25) is 0 Å². The Morgan fingerprint density at radius 3 is 2.58 bits per heavy atom. The maximum atomic E-state index is 12.4. The van der Waals surface area contributed by atoms with Crippen LogP contribution in [0.1, 0.15) is 37.8 Å². The van der Waals surface area contributed by atoms with E-state index in [2.05, 4.69) is 11.6 Å². The lowest BCUT2D eigenvalue weighted by molar-refractivity contribution is 0.270. The molecule has 5 heteroatoms. The molecular formula is C14H21NO3S. The van der Waals surface area contributed by atoms with Crippen LogP contribution in [0.4, 0.5) is 0 Å². The molecule has 0 heterocycles. The average Bonchev–Trinajstić information content (AvgIpc) is 2.36. The highest BCUT2D eigenvalue weighted by atomic mass is 32.2. The quantitative estimate of drug-likeness (QED) is 0.866. The molecule has 1 fully saturated rings. The number of benzene rings is 1. The summed E-state index contributed by atoms with van der Waals surface area (Å²) in [5.41, 5.74) is 1.41. The van der Waals surface area contributed by atoms with E-state index in [0.717, 1.165) is 18.4 Å². The highest BCUT2D eigenvalue weighted by molar-refractivity contribution is 7.89. The molecule has 0 saturated heterocycles. The van der Waals surface area contributed by atoms with Crippen molar-refractivity contribution in [1.82, 2.24) is 4.72 Å². The molecular weight excluding hydrogens is 262 g/mol. The fraction of sp³-hybridized carbons (Fsp3) is 0.571. The lowest BCUT2D eigenvalue weighted by atomic mass is 9.83. The van der Waals surface area contributed by atoms with Gasteiger partial charge in [-0.15, -0.1) is 0 Å². The molecule has 1 aromatic carbocycles. The molecule has 106 valence electrons. The van der Waals surface area contributed by atoms with Crippen molar-refractivity contribution in [2.45, 2.75) is 50.7 Å². The van der Waals surface area contributed by atoms with Crippen LogP contribution in [0.3, 0.4) is 0 Å². The van der Waals surface area contributed by atoms with Gasteiger partial charge in [-0.25, -0.2) is 13.1 Å². The van der Waals surface area contributed by atoms with Gasteiger partial charge < -0.3 is 5.11 Å². The van der Waals surface area contributed by atoms with E-state index in [0.29, 0.717) is 22.8 Å². The molecule has 19 heavy (non-hydrogen) atoms. The monoisotopic (exact) mass is 283 g/mol. The number of hydrogen-bond donors (Lipinski definition) is 2. The lowest BCUT2D eigenvalue weighted by Gasteiger charge is -2.33. The van der Waals surface area contributed by atoms with E-state index in [1.807, 2.05) is 6.92 Å². The Bertz CT molecular complexity index is 548. The highest BCUT2D eigenvalue weighted by Crippen LogP contribution is 2.28. The van der Waals surface area contributed by atoms with E-state index in [9.17, 15) is 8.42 Å². The third kappa shape index (κ3) is 3.16. The largest absolute Gasteiger partial charge is 0.392 e. The van der Waals surface area contributed by atoms with Crippen molar-refractivity contribution in [1.29, 1.82) is 0 Å². The first-order valence-corrected chi connectivity index (χ1v) is 8.19. The highest BCUT2D eigenvalue weighted by Gasteiger charge is 2.30. The Labute approximate surface area is 114 Å². The summed E-state index contributed by atoms with van der Waals surface area (Å²) in [6.45, 7) is 3.90. The van der Waals surface area contributed by atoms with Crippen LogP contribution in [-0.2, 0) is 23.1 Å². The fourth-order valence-corrected chi connectivity index (χ4v) is 4.14. The van der Waals surface area contributed by atoms with Crippen molar-refractivity contribution in [2.75, 3.05) is 0 Å². The molecule has 0 unspecified atom stereocenters. The second-order valence-electron chi connectivity index (χ2n) is 5.35. The van der Waals surface area contributed by atoms with Crippen molar-refractivity contribution in [3.63, 3.8) is 0 Å². The van der Waals surface area contributed by atoms with Crippen molar-refractivity contribution >= 4 is 10.0 Å². The SMILES string of the molecule is CCc1ccc(CO)cc1S(=O)(=O)NC1CC(C)C1. The molecule has 0 atom stereocenters. The second kappa shape index (κ2) is 5.61. The van der Waals surface area contributed by atoms with E-state index in [1.54, 1.807) is 18.2 Å². The van der Waals surface area contributed by atoms with Gasteiger partial charge in [0.15, 0.2) is 0 Å². The first-order valence-electron chi connectivity index (χ1n) is 6.71. The van der Waals surface area contributed by atoms with Gasteiger partial charge in [0.2, 0.25) is 10.0 Å². The molecule has 1 aliphatic rings. The fourth-order valence-electron chi connectivity index (χ4n) is 2.52. The normalized spacial score (nSPS) is 23.1. The average molecular weight is 283 g/mol. The van der Waals surface area contributed by atoms with E-state index in [-0.39, 0.29) is 12.6 Å². The first kappa shape index (κ1) is 14.5. The summed E-state index contributed by atoms with van der Waals surface area (Å²) in [5.74, 6) is 0.599. The summed E-state index contributed by atoms with van der Waals surface area (Å²) in [7, 11) is -3.48.